The lowest BCUT2D eigenvalue weighted by Crippen LogP contribution is -2.24. The fourth-order valence-corrected chi connectivity index (χ4v) is 6.72. The molecule has 0 N–H and O–H groups in total. The first kappa shape index (κ1) is 23.0. The van der Waals surface area contributed by atoms with E-state index in [0.29, 0.717) is 0 Å². The summed E-state index contributed by atoms with van der Waals surface area (Å²) in [5.74, 6) is 1.89. The molecule has 1 heteroatoms. The van der Waals surface area contributed by atoms with Gasteiger partial charge in [0.1, 0.15) is 11.5 Å². The van der Waals surface area contributed by atoms with Crippen molar-refractivity contribution < 1.29 is 4.74 Å². The van der Waals surface area contributed by atoms with Gasteiger partial charge in [0.2, 0.25) is 0 Å². The monoisotopic (exact) mass is 512 g/mol. The molecule has 0 atom stereocenters. The summed E-state index contributed by atoms with van der Waals surface area (Å²) in [4.78, 5) is 0. The van der Waals surface area contributed by atoms with Crippen molar-refractivity contribution in [1.29, 1.82) is 0 Å². The second kappa shape index (κ2) is 8.56. The van der Waals surface area contributed by atoms with Gasteiger partial charge in [0, 0.05) is 22.1 Å². The Morgan fingerprint density at radius 1 is 0.400 bits per heavy atom. The fraction of sp³-hybridized carbons (Fsp3) is 0.0769. The van der Waals surface area contributed by atoms with Gasteiger partial charge < -0.3 is 4.74 Å². The van der Waals surface area contributed by atoms with Gasteiger partial charge in [-0.15, -0.1) is 0 Å². The van der Waals surface area contributed by atoms with Crippen LogP contribution in [0.15, 0.2) is 133 Å². The molecule has 0 bridgehead atoms. The van der Waals surface area contributed by atoms with Gasteiger partial charge >= 0.3 is 0 Å². The van der Waals surface area contributed by atoms with Gasteiger partial charge in [0.05, 0.1) is 0 Å². The van der Waals surface area contributed by atoms with Crippen molar-refractivity contribution in [1.82, 2.24) is 0 Å². The Kier molecular flexibility index (Phi) is 4.93. The van der Waals surface area contributed by atoms with Crippen LogP contribution in [0, 0.1) is 0 Å². The minimum atomic E-state index is -0.154. The molecule has 0 amide bonds. The van der Waals surface area contributed by atoms with Crippen molar-refractivity contribution in [2.45, 2.75) is 19.3 Å². The predicted octanol–water partition coefficient (Wildman–Crippen LogP) is 10.8. The topological polar surface area (TPSA) is 9.23 Å². The largest absolute Gasteiger partial charge is 0.456 e. The number of fused-ring (bicyclic) bond motifs is 10. The number of rotatable bonds is 1. The molecule has 8 rings (SSSR count). The second-order valence-electron chi connectivity index (χ2n) is 11.3. The summed E-state index contributed by atoms with van der Waals surface area (Å²) in [6.07, 6.45) is 0. The SMILES string of the molecule is CC1(C)c2ccccc2Oc2c(-c3ccc4c(c3)-c3ccccc3-c3ccccc3-c3ccccc3-4)cccc21. The zero-order valence-corrected chi connectivity index (χ0v) is 22.6. The Balaban J connectivity index is 1.39. The molecule has 0 saturated heterocycles. The Bertz CT molecular complexity index is 1950. The number of hydrogen-bond acceptors (Lipinski definition) is 1. The number of ether oxygens (including phenoxy) is 1. The van der Waals surface area contributed by atoms with E-state index in [-0.39, 0.29) is 5.41 Å². The molecule has 6 aromatic rings. The highest BCUT2D eigenvalue weighted by Gasteiger charge is 2.35. The van der Waals surface area contributed by atoms with Gasteiger partial charge in [0.25, 0.3) is 0 Å². The number of hydrogen-bond donors (Lipinski definition) is 0. The molecule has 40 heavy (non-hydrogen) atoms. The van der Waals surface area contributed by atoms with E-state index in [4.69, 9.17) is 4.74 Å². The maximum atomic E-state index is 6.66. The molecule has 2 aliphatic rings. The zero-order chi connectivity index (χ0) is 26.8. The molecule has 190 valence electrons. The molecule has 1 heterocycles. The van der Waals surface area contributed by atoms with E-state index in [9.17, 15) is 0 Å². The third-order valence-electron chi connectivity index (χ3n) is 8.73. The first-order valence-electron chi connectivity index (χ1n) is 13.9. The van der Waals surface area contributed by atoms with Crippen LogP contribution in [0.3, 0.4) is 0 Å². The molecular weight excluding hydrogens is 484 g/mol. The summed E-state index contributed by atoms with van der Waals surface area (Å²) >= 11 is 0. The summed E-state index contributed by atoms with van der Waals surface area (Å²) < 4.78 is 6.66. The summed E-state index contributed by atoms with van der Waals surface area (Å²) in [5, 5.41) is 0. The highest BCUT2D eigenvalue weighted by Crippen LogP contribution is 2.53. The molecular formula is C39H28O. The van der Waals surface area contributed by atoms with Crippen molar-refractivity contribution in [2.75, 3.05) is 0 Å². The van der Waals surface area contributed by atoms with Crippen LogP contribution >= 0.6 is 0 Å². The molecule has 0 spiro atoms. The van der Waals surface area contributed by atoms with Crippen LogP contribution in [0.25, 0.3) is 55.6 Å². The van der Waals surface area contributed by atoms with Gasteiger partial charge in [-0.3, -0.25) is 0 Å². The van der Waals surface area contributed by atoms with Crippen molar-refractivity contribution in [2.24, 2.45) is 0 Å². The van der Waals surface area contributed by atoms with Crippen LogP contribution in [0.2, 0.25) is 0 Å². The number of para-hydroxylation sites is 2. The van der Waals surface area contributed by atoms with E-state index in [0.717, 1.165) is 22.6 Å². The minimum absolute atomic E-state index is 0.154. The minimum Gasteiger partial charge on any atom is -0.456 e. The van der Waals surface area contributed by atoms with E-state index in [2.05, 4.69) is 147 Å². The van der Waals surface area contributed by atoms with E-state index < -0.39 is 0 Å². The Morgan fingerprint density at radius 2 is 0.850 bits per heavy atom. The van der Waals surface area contributed by atoms with Crippen molar-refractivity contribution >= 4 is 0 Å². The Morgan fingerprint density at radius 3 is 1.45 bits per heavy atom. The molecule has 0 unspecified atom stereocenters. The van der Waals surface area contributed by atoms with Crippen LogP contribution < -0.4 is 4.74 Å². The van der Waals surface area contributed by atoms with Gasteiger partial charge in [0.15, 0.2) is 0 Å². The summed E-state index contributed by atoms with van der Waals surface area (Å²) in [5.41, 5.74) is 14.6. The average Bonchev–Trinajstić information content (AvgIpc) is 3.00. The quantitative estimate of drug-likeness (QED) is 0.213. The average molecular weight is 513 g/mol. The third-order valence-corrected chi connectivity index (χ3v) is 8.73. The van der Waals surface area contributed by atoms with Crippen LogP contribution in [0.1, 0.15) is 25.0 Å². The van der Waals surface area contributed by atoms with Gasteiger partial charge in [-0.25, -0.2) is 0 Å². The Hall–Kier alpha value is -4.88. The molecule has 0 saturated carbocycles. The van der Waals surface area contributed by atoms with E-state index in [1.54, 1.807) is 0 Å². The molecule has 0 fully saturated rings. The second-order valence-corrected chi connectivity index (χ2v) is 11.3. The maximum Gasteiger partial charge on any atom is 0.139 e. The smallest absolute Gasteiger partial charge is 0.139 e. The maximum absolute atomic E-state index is 6.66. The first-order chi connectivity index (χ1) is 19.6. The normalized spacial score (nSPS) is 13.7. The summed E-state index contributed by atoms with van der Waals surface area (Å²) in [6, 6.07) is 48.3. The van der Waals surface area contributed by atoms with Crippen molar-refractivity contribution in [3.63, 3.8) is 0 Å². The van der Waals surface area contributed by atoms with E-state index in [1.165, 1.54) is 55.6 Å². The van der Waals surface area contributed by atoms with Crippen LogP contribution in [0.4, 0.5) is 0 Å². The summed E-state index contributed by atoms with van der Waals surface area (Å²) in [7, 11) is 0. The van der Waals surface area contributed by atoms with E-state index in [1.807, 2.05) is 0 Å². The van der Waals surface area contributed by atoms with Gasteiger partial charge in [-0.05, 0) is 62.2 Å². The van der Waals surface area contributed by atoms with E-state index >= 15 is 0 Å². The lowest BCUT2D eigenvalue weighted by atomic mass is 9.74. The molecule has 0 radical (unpaired) electrons. The molecule has 1 aliphatic heterocycles. The lowest BCUT2D eigenvalue weighted by Gasteiger charge is -2.35. The Labute approximate surface area is 235 Å². The highest BCUT2D eigenvalue weighted by molar-refractivity contribution is 6.04. The highest BCUT2D eigenvalue weighted by atomic mass is 16.5. The molecule has 1 nitrogen and oxygen atoms in total. The van der Waals surface area contributed by atoms with Crippen LogP contribution in [-0.4, -0.2) is 0 Å². The lowest BCUT2D eigenvalue weighted by molar-refractivity contribution is 0.419. The molecule has 0 aromatic heterocycles. The van der Waals surface area contributed by atoms with Crippen molar-refractivity contribution in [3.05, 3.63) is 145 Å². The van der Waals surface area contributed by atoms with Crippen molar-refractivity contribution in [3.8, 4) is 67.1 Å². The molecule has 1 aliphatic carbocycles. The van der Waals surface area contributed by atoms with Crippen LogP contribution in [0.5, 0.6) is 11.5 Å². The first-order valence-corrected chi connectivity index (χ1v) is 13.9. The van der Waals surface area contributed by atoms with Crippen LogP contribution in [-0.2, 0) is 5.41 Å². The summed E-state index contributed by atoms with van der Waals surface area (Å²) in [6.45, 7) is 4.59. The number of benzene rings is 6. The third kappa shape index (κ3) is 3.28. The predicted molar refractivity (Wildman–Crippen MR) is 166 cm³/mol. The van der Waals surface area contributed by atoms with Gasteiger partial charge in [-0.2, -0.15) is 0 Å². The standard InChI is InChI=1S/C39H28O/c1-39(2)35-19-9-10-21-37(35)40-38-26(18-11-20-36(38)39)25-22-23-33-31-16-6-5-14-29(31)27-12-3-4-13-28(27)30-15-7-8-17-32(30)34(33)24-25/h3-24H,1-2H3. The molecule has 6 aromatic carbocycles. The zero-order valence-electron chi connectivity index (χ0n) is 22.6. The fourth-order valence-electron chi connectivity index (χ4n) is 6.72. The van der Waals surface area contributed by atoms with Gasteiger partial charge in [-0.1, -0.05) is 135 Å².